The van der Waals surface area contributed by atoms with Crippen molar-refractivity contribution in [1.82, 2.24) is 0 Å². The van der Waals surface area contributed by atoms with Crippen molar-refractivity contribution in [3.63, 3.8) is 0 Å². The second kappa shape index (κ2) is 8.58. The molecule has 2 aromatic carbocycles. The number of Topliss-reactive ketones (excluding diaryl/α,β-unsaturated/α-hetero) is 1. The average Bonchev–Trinajstić information content (AvgIpc) is 2.60. The van der Waals surface area contributed by atoms with Crippen molar-refractivity contribution in [2.45, 2.75) is 13.5 Å². The van der Waals surface area contributed by atoms with Gasteiger partial charge >= 0.3 is 5.97 Å². The van der Waals surface area contributed by atoms with Crippen LogP contribution in [-0.2, 0) is 16.1 Å². The molecule has 6 heteroatoms. The first kappa shape index (κ1) is 18.9. The summed E-state index contributed by atoms with van der Waals surface area (Å²) in [5.74, 6) is -0.655. The summed E-state index contributed by atoms with van der Waals surface area (Å²) in [6.45, 7) is 1.39. The standard InChI is InChI=1S/C19H16BrFO4/c1-12(22)13-3-7-18(24-2)15(9-13)11-25-19(23)8-4-14-10-16(20)5-6-17(14)21/h3-10H,11H2,1-2H3. The summed E-state index contributed by atoms with van der Waals surface area (Å²) in [6.07, 6.45) is 2.48. The maximum atomic E-state index is 13.6. The van der Waals surface area contributed by atoms with Crippen molar-refractivity contribution < 1.29 is 23.5 Å². The van der Waals surface area contributed by atoms with Crippen LogP contribution in [0.5, 0.6) is 5.75 Å². The van der Waals surface area contributed by atoms with Gasteiger partial charge in [-0.15, -0.1) is 0 Å². The molecule has 25 heavy (non-hydrogen) atoms. The number of rotatable bonds is 6. The van der Waals surface area contributed by atoms with E-state index < -0.39 is 11.8 Å². The van der Waals surface area contributed by atoms with Crippen molar-refractivity contribution >= 4 is 33.8 Å². The highest BCUT2D eigenvalue weighted by Crippen LogP contribution is 2.21. The van der Waals surface area contributed by atoms with E-state index in [9.17, 15) is 14.0 Å². The molecule has 4 nitrogen and oxygen atoms in total. The van der Waals surface area contributed by atoms with Crippen LogP contribution in [0.15, 0.2) is 46.9 Å². The first-order chi connectivity index (χ1) is 11.9. The van der Waals surface area contributed by atoms with E-state index in [-0.39, 0.29) is 18.0 Å². The predicted molar refractivity (Wildman–Crippen MR) is 95.9 cm³/mol. The highest BCUT2D eigenvalue weighted by molar-refractivity contribution is 9.10. The molecule has 0 amide bonds. The number of halogens is 2. The van der Waals surface area contributed by atoms with E-state index in [1.165, 1.54) is 26.2 Å². The lowest BCUT2D eigenvalue weighted by Gasteiger charge is -2.09. The SMILES string of the molecule is COc1ccc(C(C)=O)cc1COC(=O)C=Cc1cc(Br)ccc1F. The molecule has 0 spiro atoms. The molecule has 0 aliphatic rings. The largest absolute Gasteiger partial charge is 0.496 e. The van der Waals surface area contributed by atoms with Crippen molar-refractivity contribution in [1.29, 1.82) is 0 Å². The van der Waals surface area contributed by atoms with Crippen molar-refractivity contribution in [2.75, 3.05) is 7.11 Å². The fourth-order valence-electron chi connectivity index (χ4n) is 2.11. The molecule has 0 radical (unpaired) electrons. The van der Waals surface area contributed by atoms with Gasteiger partial charge in [0.1, 0.15) is 18.2 Å². The molecule has 0 saturated heterocycles. The van der Waals surface area contributed by atoms with E-state index in [4.69, 9.17) is 9.47 Å². The van der Waals surface area contributed by atoms with Gasteiger partial charge in [0.2, 0.25) is 0 Å². The zero-order chi connectivity index (χ0) is 18.4. The molecule has 0 fully saturated rings. The molecular weight excluding hydrogens is 391 g/mol. The van der Waals surface area contributed by atoms with Crippen LogP contribution in [0.2, 0.25) is 0 Å². The quantitative estimate of drug-likeness (QED) is 0.400. The number of benzene rings is 2. The molecule has 0 saturated carbocycles. The Morgan fingerprint density at radius 3 is 2.64 bits per heavy atom. The van der Waals surface area contributed by atoms with Gasteiger partial charge in [-0.05, 0) is 49.4 Å². The summed E-state index contributed by atoms with van der Waals surface area (Å²) in [5.41, 5.74) is 1.34. The molecule has 0 bridgehead atoms. The third-order valence-corrected chi connectivity index (χ3v) is 3.91. The van der Waals surface area contributed by atoms with E-state index >= 15 is 0 Å². The summed E-state index contributed by atoms with van der Waals surface area (Å²) < 4.78 is 24.7. The molecular formula is C19H16BrFO4. The lowest BCUT2D eigenvalue weighted by molar-refractivity contribution is -0.138. The monoisotopic (exact) mass is 406 g/mol. The van der Waals surface area contributed by atoms with E-state index in [2.05, 4.69) is 15.9 Å². The summed E-state index contributed by atoms with van der Waals surface area (Å²) in [4.78, 5) is 23.3. The average molecular weight is 407 g/mol. The number of ketones is 1. The molecule has 0 aliphatic heterocycles. The van der Waals surface area contributed by atoms with Gasteiger partial charge in [-0.1, -0.05) is 15.9 Å². The number of carbonyl (C=O) groups excluding carboxylic acids is 2. The predicted octanol–water partition coefficient (Wildman–Crippen LogP) is 4.56. The number of hydrogen-bond donors (Lipinski definition) is 0. The van der Waals surface area contributed by atoms with Crippen LogP contribution in [0.25, 0.3) is 6.08 Å². The number of methoxy groups -OCH3 is 1. The lowest BCUT2D eigenvalue weighted by atomic mass is 10.1. The highest BCUT2D eigenvalue weighted by Gasteiger charge is 2.09. The van der Waals surface area contributed by atoms with Crippen molar-refractivity contribution in [3.05, 3.63) is 69.5 Å². The second-order valence-corrected chi connectivity index (χ2v) is 6.11. The van der Waals surface area contributed by atoms with Crippen LogP contribution in [0, 0.1) is 5.82 Å². The third-order valence-electron chi connectivity index (χ3n) is 3.41. The second-order valence-electron chi connectivity index (χ2n) is 5.19. The van der Waals surface area contributed by atoms with Crippen LogP contribution < -0.4 is 4.74 Å². The molecule has 0 heterocycles. The Bertz CT molecular complexity index is 830. The van der Waals surface area contributed by atoms with Gasteiger partial charge < -0.3 is 9.47 Å². The van der Waals surface area contributed by atoms with Crippen molar-refractivity contribution in [3.8, 4) is 5.75 Å². The Hall–Kier alpha value is -2.47. The Morgan fingerprint density at radius 1 is 1.20 bits per heavy atom. The van der Waals surface area contributed by atoms with Gasteiger partial charge in [0.25, 0.3) is 0 Å². The Morgan fingerprint density at radius 2 is 1.96 bits per heavy atom. The minimum absolute atomic E-state index is 0.0611. The Balaban J connectivity index is 2.07. The van der Waals surface area contributed by atoms with Crippen LogP contribution in [0.1, 0.15) is 28.4 Å². The van der Waals surface area contributed by atoms with Crippen LogP contribution in [0.3, 0.4) is 0 Å². The smallest absolute Gasteiger partial charge is 0.331 e. The minimum Gasteiger partial charge on any atom is -0.496 e. The third kappa shape index (κ3) is 5.26. The molecule has 2 rings (SSSR count). The number of ether oxygens (including phenoxy) is 2. The molecule has 0 unspecified atom stereocenters. The maximum Gasteiger partial charge on any atom is 0.331 e. The zero-order valence-electron chi connectivity index (χ0n) is 13.7. The fourth-order valence-corrected chi connectivity index (χ4v) is 2.49. The molecule has 2 aromatic rings. The summed E-state index contributed by atoms with van der Waals surface area (Å²) >= 11 is 3.24. The lowest BCUT2D eigenvalue weighted by Crippen LogP contribution is -2.04. The van der Waals surface area contributed by atoms with E-state index in [1.807, 2.05) is 0 Å². The topological polar surface area (TPSA) is 52.6 Å². The van der Waals surface area contributed by atoms with E-state index in [1.54, 1.807) is 30.3 Å². The van der Waals surface area contributed by atoms with Gasteiger partial charge in [0, 0.05) is 27.2 Å². The maximum absolute atomic E-state index is 13.6. The number of hydrogen-bond acceptors (Lipinski definition) is 4. The molecule has 0 N–H and O–H groups in total. The summed E-state index contributed by atoms with van der Waals surface area (Å²) in [7, 11) is 1.49. The van der Waals surface area contributed by atoms with E-state index in [0.717, 1.165) is 6.08 Å². The molecule has 130 valence electrons. The van der Waals surface area contributed by atoms with Crippen molar-refractivity contribution in [2.24, 2.45) is 0 Å². The number of carbonyl (C=O) groups is 2. The summed E-state index contributed by atoms with van der Waals surface area (Å²) in [5, 5.41) is 0. The van der Waals surface area contributed by atoms with Crippen LogP contribution in [0.4, 0.5) is 4.39 Å². The van der Waals surface area contributed by atoms with Gasteiger partial charge in [0.05, 0.1) is 7.11 Å². The Labute approximate surface area is 153 Å². The molecule has 0 aliphatic carbocycles. The van der Waals surface area contributed by atoms with Gasteiger partial charge in [0.15, 0.2) is 5.78 Å². The number of esters is 1. The first-order valence-corrected chi connectivity index (χ1v) is 8.17. The van der Waals surface area contributed by atoms with Crippen LogP contribution in [-0.4, -0.2) is 18.9 Å². The first-order valence-electron chi connectivity index (χ1n) is 7.38. The van der Waals surface area contributed by atoms with Crippen LogP contribution >= 0.6 is 15.9 Å². The Kier molecular flexibility index (Phi) is 6.47. The minimum atomic E-state index is -0.630. The van der Waals surface area contributed by atoms with E-state index in [0.29, 0.717) is 21.3 Å². The summed E-state index contributed by atoms with van der Waals surface area (Å²) in [6, 6.07) is 9.33. The molecule has 0 atom stereocenters. The highest BCUT2D eigenvalue weighted by atomic mass is 79.9. The molecule has 0 aromatic heterocycles. The normalized spacial score (nSPS) is 10.7. The van der Waals surface area contributed by atoms with Gasteiger partial charge in [-0.3, -0.25) is 4.79 Å². The van der Waals surface area contributed by atoms with Gasteiger partial charge in [-0.25, -0.2) is 9.18 Å². The fraction of sp³-hybridized carbons (Fsp3) is 0.158. The zero-order valence-corrected chi connectivity index (χ0v) is 15.3. The van der Waals surface area contributed by atoms with Gasteiger partial charge in [-0.2, -0.15) is 0 Å².